The van der Waals surface area contributed by atoms with E-state index in [0.29, 0.717) is 31.6 Å². The molecule has 0 unspecified atom stereocenters. The highest BCUT2D eigenvalue weighted by molar-refractivity contribution is 6.02. The molecule has 6 nitrogen and oxygen atoms in total. The number of piperidine rings is 1. The van der Waals surface area contributed by atoms with Gasteiger partial charge in [0.1, 0.15) is 0 Å². The highest BCUT2D eigenvalue weighted by Crippen LogP contribution is 2.38. The monoisotopic (exact) mass is 478 g/mol. The van der Waals surface area contributed by atoms with Crippen LogP contribution in [0.25, 0.3) is 0 Å². The van der Waals surface area contributed by atoms with E-state index in [1.54, 1.807) is 13.0 Å². The van der Waals surface area contributed by atoms with Crippen LogP contribution < -0.4 is 21.3 Å². The van der Waals surface area contributed by atoms with Gasteiger partial charge in [0.25, 0.3) is 12.3 Å². The van der Waals surface area contributed by atoms with Gasteiger partial charge in [0.15, 0.2) is 0 Å². The maximum absolute atomic E-state index is 13.1. The van der Waals surface area contributed by atoms with Crippen molar-refractivity contribution >= 4 is 23.0 Å². The molecule has 0 radical (unpaired) electrons. The normalized spacial score (nSPS) is 23.5. The lowest BCUT2D eigenvalue weighted by Gasteiger charge is -2.38. The fourth-order valence-corrected chi connectivity index (χ4v) is 4.45. The van der Waals surface area contributed by atoms with E-state index >= 15 is 0 Å². The number of nitrogens with zero attached hydrogens (tertiary/aromatic N) is 1. The summed E-state index contributed by atoms with van der Waals surface area (Å²) in [6.07, 6.45) is -5.54. The third-order valence-electron chi connectivity index (χ3n) is 6.57. The SMILES string of the molecule is CC1(O)CCN(c2cc(NCC(F)F)c(N)cc2C(=O)NC2CCC(C(F)(F)F)CC2)CC1. The molecular weight excluding hydrogens is 447 g/mol. The summed E-state index contributed by atoms with van der Waals surface area (Å²) in [6, 6.07) is 2.57. The molecule has 1 heterocycles. The number of carbonyl (C=O) groups is 1. The van der Waals surface area contributed by atoms with Gasteiger partial charge in [-0.05, 0) is 57.6 Å². The van der Waals surface area contributed by atoms with Crippen LogP contribution in [0.3, 0.4) is 0 Å². The molecule has 11 heteroatoms. The number of benzene rings is 1. The fraction of sp³-hybridized carbons (Fsp3) is 0.682. The highest BCUT2D eigenvalue weighted by atomic mass is 19.4. The standard InChI is InChI=1S/C22H31F5N4O2/c1-21(33)6-8-31(9-7-21)18-11-17(29-12-19(23)24)16(28)10-15(18)20(32)30-14-4-2-13(3-5-14)22(25,26)27/h10-11,13-14,19,29,33H,2-9,12,28H2,1H3,(H,30,32). The van der Waals surface area contributed by atoms with Crippen molar-refractivity contribution in [3.8, 4) is 0 Å². The van der Waals surface area contributed by atoms with E-state index in [9.17, 15) is 31.9 Å². The van der Waals surface area contributed by atoms with Crippen molar-refractivity contribution in [2.24, 2.45) is 5.92 Å². The van der Waals surface area contributed by atoms with Crippen molar-refractivity contribution in [3.63, 3.8) is 0 Å². The molecule has 1 amide bonds. The summed E-state index contributed by atoms with van der Waals surface area (Å²) in [4.78, 5) is 15.0. The van der Waals surface area contributed by atoms with Gasteiger partial charge in [-0.3, -0.25) is 4.79 Å². The topological polar surface area (TPSA) is 90.6 Å². The summed E-state index contributed by atoms with van der Waals surface area (Å²) < 4.78 is 64.2. The first-order chi connectivity index (χ1) is 15.4. The summed E-state index contributed by atoms with van der Waals surface area (Å²) in [5.74, 6) is -1.82. The zero-order chi connectivity index (χ0) is 24.4. The molecule has 1 saturated heterocycles. The van der Waals surface area contributed by atoms with E-state index in [1.807, 2.05) is 4.90 Å². The summed E-state index contributed by atoms with van der Waals surface area (Å²) in [6.45, 7) is 2.02. The van der Waals surface area contributed by atoms with Gasteiger partial charge in [-0.1, -0.05) is 0 Å². The lowest BCUT2D eigenvalue weighted by molar-refractivity contribution is -0.182. The Balaban J connectivity index is 1.79. The average Bonchev–Trinajstić information content (AvgIpc) is 2.72. The number of nitrogen functional groups attached to an aromatic ring is 1. The third kappa shape index (κ3) is 6.61. The van der Waals surface area contributed by atoms with Crippen molar-refractivity contribution in [3.05, 3.63) is 17.7 Å². The number of nitrogens with two attached hydrogens (primary N) is 1. The smallest absolute Gasteiger partial charge is 0.391 e. The Labute approximate surface area is 189 Å². The van der Waals surface area contributed by atoms with E-state index in [2.05, 4.69) is 10.6 Å². The predicted molar refractivity (Wildman–Crippen MR) is 117 cm³/mol. The molecule has 0 spiro atoms. The van der Waals surface area contributed by atoms with E-state index in [1.165, 1.54) is 6.07 Å². The molecule has 0 atom stereocenters. The number of rotatable bonds is 6. The maximum Gasteiger partial charge on any atom is 0.391 e. The molecule has 1 aliphatic heterocycles. The highest BCUT2D eigenvalue weighted by Gasteiger charge is 2.41. The Morgan fingerprint density at radius 2 is 1.82 bits per heavy atom. The molecule has 3 rings (SSSR count). The van der Waals surface area contributed by atoms with Crippen molar-refractivity contribution in [2.45, 2.75) is 69.7 Å². The lowest BCUT2D eigenvalue weighted by Crippen LogP contribution is -2.44. The van der Waals surface area contributed by atoms with Crippen LogP contribution in [0.15, 0.2) is 12.1 Å². The number of nitrogens with one attached hydrogen (secondary N) is 2. The molecule has 5 N–H and O–H groups in total. The van der Waals surface area contributed by atoms with Crippen LogP contribution in [-0.4, -0.2) is 54.9 Å². The second kappa shape index (κ2) is 9.90. The van der Waals surface area contributed by atoms with Crippen LogP contribution in [0.2, 0.25) is 0 Å². The number of alkyl halides is 5. The van der Waals surface area contributed by atoms with Gasteiger partial charge in [-0.2, -0.15) is 13.2 Å². The number of halogens is 5. The lowest BCUT2D eigenvalue weighted by atomic mass is 9.85. The van der Waals surface area contributed by atoms with Gasteiger partial charge >= 0.3 is 6.18 Å². The van der Waals surface area contributed by atoms with Crippen molar-refractivity contribution in [1.29, 1.82) is 0 Å². The first-order valence-electron chi connectivity index (χ1n) is 11.2. The van der Waals surface area contributed by atoms with Crippen LogP contribution in [0.4, 0.5) is 39.0 Å². The third-order valence-corrected chi connectivity index (χ3v) is 6.57. The summed E-state index contributed by atoms with van der Waals surface area (Å²) in [5, 5.41) is 15.7. The molecule has 33 heavy (non-hydrogen) atoms. The number of aliphatic hydroxyl groups is 1. The van der Waals surface area contributed by atoms with Gasteiger partial charge in [-0.15, -0.1) is 0 Å². The van der Waals surface area contributed by atoms with E-state index in [0.717, 1.165) is 0 Å². The molecule has 1 saturated carbocycles. The average molecular weight is 479 g/mol. The van der Waals surface area contributed by atoms with Crippen molar-refractivity contribution < 1.29 is 31.9 Å². The quantitative estimate of drug-likeness (QED) is 0.364. The number of carbonyl (C=O) groups excluding carboxylic acids is 1. The summed E-state index contributed by atoms with van der Waals surface area (Å²) in [5.41, 5.74) is 6.29. The van der Waals surface area contributed by atoms with Gasteiger partial charge in [0, 0.05) is 19.1 Å². The second-order valence-corrected chi connectivity index (χ2v) is 9.28. The molecule has 0 aromatic heterocycles. The Morgan fingerprint density at radius 1 is 1.21 bits per heavy atom. The minimum absolute atomic E-state index is 0.0405. The molecule has 2 aliphatic rings. The van der Waals surface area contributed by atoms with Gasteiger partial charge in [-0.25, -0.2) is 8.78 Å². The Hall–Kier alpha value is -2.30. The van der Waals surface area contributed by atoms with Gasteiger partial charge in [0.2, 0.25) is 0 Å². The zero-order valence-electron chi connectivity index (χ0n) is 18.5. The zero-order valence-corrected chi connectivity index (χ0v) is 18.5. The number of hydrogen-bond donors (Lipinski definition) is 4. The van der Waals surface area contributed by atoms with E-state index in [4.69, 9.17) is 5.73 Å². The largest absolute Gasteiger partial charge is 0.397 e. The Morgan fingerprint density at radius 3 is 2.36 bits per heavy atom. The van der Waals surface area contributed by atoms with Crippen molar-refractivity contribution in [2.75, 3.05) is 35.6 Å². The molecular formula is C22H31F5N4O2. The molecule has 1 aromatic rings. The second-order valence-electron chi connectivity index (χ2n) is 9.28. The predicted octanol–water partition coefficient (Wildman–Crippen LogP) is 4.15. The number of anilines is 3. The van der Waals surface area contributed by atoms with Crippen LogP contribution in [-0.2, 0) is 0 Å². The van der Waals surface area contributed by atoms with E-state index in [-0.39, 0.29) is 48.7 Å². The Bertz CT molecular complexity index is 829. The number of hydrogen-bond acceptors (Lipinski definition) is 5. The molecule has 186 valence electrons. The van der Waals surface area contributed by atoms with Crippen LogP contribution >= 0.6 is 0 Å². The summed E-state index contributed by atoms with van der Waals surface area (Å²) in [7, 11) is 0. The minimum atomic E-state index is -4.23. The van der Waals surface area contributed by atoms with Crippen LogP contribution in [0.1, 0.15) is 55.8 Å². The molecule has 0 bridgehead atoms. The minimum Gasteiger partial charge on any atom is -0.397 e. The summed E-state index contributed by atoms with van der Waals surface area (Å²) >= 11 is 0. The Kier molecular flexibility index (Phi) is 7.60. The first-order valence-corrected chi connectivity index (χ1v) is 11.2. The molecule has 1 aliphatic carbocycles. The fourth-order valence-electron chi connectivity index (χ4n) is 4.45. The van der Waals surface area contributed by atoms with Crippen molar-refractivity contribution in [1.82, 2.24) is 5.32 Å². The van der Waals surface area contributed by atoms with Crippen LogP contribution in [0, 0.1) is 5.92 Å². The first kappa shape index (κ1) is 25.3. The molecule has 1 aromatic carbocycles. The molecule has 2 fully saturated rings. The number of amides is 1. The van der Waals surface area contributed by atoms with Gasteiger partial charge in [0.05, 0.1) is 40.7 Å². The van der Waals surface area contributed by atoms with E-state index < -0.39 is 36.6 Å². The van der Waals surface area contributed by atoms with Gasteiger partial charge < -0.3 is 26.4 Å². The maximum atomic E-state index is 13.1. The van der Waals surface area contributed by atoms with Crippen LogP contribution in [0.5, 0.6) is 0 Å².